The van der Waals surface area contributed by atoms with Crippen LogP contribution in [0.5, 0.6) is 0 Å². The first-order valence-electron chi connectivity index (χ1n) is 9.39. The Labute approximate surface area is 157 Å². The number of hydrogen-bond acceptors (Lipinski definition) is 4. The molecular formula is C19H25N3O3S. The van der Waals surface area contributed by atoms with E-state index >= 15 is 0 Å². The highest BCUT2D eigenvalue weighted by Crippen LogP contribution is 2.42. The number of nitrogens with zero attached hydrogens (tertiary/aromatic N) is 2. The minimum Gasteiger partial charge on any atom is -0.341 e. The SMILES string of the molecule is CC1CC(C)CN(C(=O)CN2C(=O)NC3(CCCc4sccc43)C2=O)C1. The maximum Gasteiger partial charge on any atom is 0.325 e. The van der Waals surface area contributed by atoms with Crippen molar-refractivity contribution in [2.24, 2.45) is 11.8 Å². The Bertz CT molecular complexity index is 751. The molecule has 1 aliphatic carbocycles. The zero-order chi connectivity index (χ0) is 18.5. The first kappa shape index (κ1) is 17.5. The molecule has 1 aromatic heterocycles. The lowest BCUT2D eigenvalue weighted by Crippen LogP contribution is -2.49. The normalized spacial score (nSPS) is 31.3. The third-order valence-corrected chi connectivity index (χ3v) is 6.83. The molecule has 0 saturated carbocycles. The van der Waals surface area contributed by atoms with E-state index in [-0.39, 0.29) is 18.4 Å². The van der Waals surface area contributed by atoms with Crippen molar-refractivity contribution in [3.05, 3.63) is 21.9 Å². The number of carbonyl (C=O) groups excluding carboxylic acids is 3. The van der Waals surface area contributed by atoms with E-state index in [1.807, 2.05) is 11.4 Å². The smallest absolute Gasteiger partial charge is 0.325 e. The summed E-state index contributed by atoms with van der Waals surface area (Å²) in [4.78, 5) is 42.6. The first-order chi connectivity index (χ1) is 12.4. The molecule has 4 rings (SSSR count). The number of hydrogen-bond donors (Lipinski definition) is 1. The molecule has 0 radical (unpaired) electrons. The largest absolute Gasteiger partial charge is 0.341 e. The predicted octanol–water partition coefficient (Wildman–Crippen LogP) is 2.34. The van der Waals surface area contributed by atoms with Crippen molar-refractivity contribution in [2.75, 3.05) is 19.6 Å². The van der Waals surface area contributed by atoms with Crippen LogP contribution >= 0.6 is 11.3 Å². The Morgan fingerprint density at radius 2 is 2.04 bits per heavy atom. The second kappa shape index (κ2) is 6.37. The van der Waals surface area contributed by atoms with Gasteiger partial charge in [-0.05, 0) is 49.0 Å². The average Bonchev–Trinajstić information content (AvgIpc) is 3.15. The third-order valence-electron chi connectivity index (χ3n) is 5.85. The van der Waals surface area contributed by atoms with Gasteiger partial charge in [-0.1, -0.05) is 13.8 Å². The maximum absolute atomic E-state index is 13.2. The molecule has 4 amide bonds. The highest BCUT2D eigenvalue weighted by molar-refractivity contribution is 7.10. The number of amides is 4. The fourth-order valence-corrected chi connectivity index (χ4v) is 5.79. The van der Waals surface area contributed by atoms with Crippen LogP contribution in [0, 0.1) is 11.8 Å². The lowest BCUT2D eigenvalue weighted by molar-refractivity contribution is -0.140. The monoisotopic (exact) mass is 375 g/mol. The Balaban J connectivity index is 1.53. The van der Waals surface area contributed by atoms with Crippen LogP contribution in [0.25, 0.3) is 0 Å². The Morgan fingerprint density at radius 3 is 2.77 bits per heavy atom. The summed E-state index contributed by atoms with van der Waals surface area (Å²) in [6.45, 7) is 5.52. The van der Waals surface area contributed by atoms with Gasteiger partial charge >= 0.3 is 6.03 Å². The van der Waals surface area contributed by atoms with Crippen molar-refractivity contribution in [3.8, 4) is 0 Å². The molecule has 1 N–H and O–H groups in total. The number of fused-ring (bicyclic) bond motifs is 2. The van der Waals surface area contributed by atoms with Gasteiger partial charge in [0.25, 0.3) is 5.91 Å². The number of piperidine rings is 1. The summed E-state index contributed by atoms with van der Waals surface area (Å²) in [6, 6.07) is 1.50. The molecule has 6 nitrogen and oxygen atoms in total. The molecule has 0 bridgehead atoms. The molecule has 2 saturated heterocycles. The maximum atomic E-state index is 13.2. The molecule has 3 atom stereocenters. The highest BCUT2D eigenvalue weighted by atomic mass is 32.1. The molecule has 2 aliphatic heterocycles. The molecule has 7 heteroatoms. The van der Waals surface area contributed by atoms with Gasteiger partial charge in [0.05, 0.1) is 0 Å². The summed E-state index contributed by atoms with van der Waals surface area (Å²) >= 11 is 1.63. The van der Waals surface area contributed by atoms with E-state index in [1.165, 1.54) is 0 Å². The Hall–Kier alpha value is -1.89. The van der Waals surface area contributed by atoms with Crippen LogP contribution in [0.1, 0.15) is 43.6 Å². The molecule has 1 aromatic rings. The topological polar surface area (TPSA) is 69.7 Å². The van der Waals surface area contributed by atoms with Gasteiger partial charge in [-0.25, -0.2) is 4.79 Å². The van der Waals surface area contributed by atoms with Crippen LogP contribution in [0.3, 0.4) is 0 Å². The fraction of sp³-hybridized carbons (Fsp3) is 0.632. The number of imide groups is 1. The molecule has 3 aliphatic rings. The van der Waals surface area contributed by atoms with Crippen molar-refractivity contribution in [1.29, 1.82) is 0 Å². The van der Waals surface area contributed by atoms with E-state index < -0.39 is 11.6 Å². The molecule has 2 fully saturated rings. The van der Waals surface area contributed by atoms with Gasteiger partial charge in [-0.3, -0.25) is 14.5 Å². The number of aryl methyl sites for hydroxylation is 1. The van der Waals surface area contributed by atoms with Crippen LogP contribution in [0.15, 0.2) is 11.4 Å². The van der Waals surface area contributed by atoms with Crippen molar-refractivity contribution < 1.29 is 14.4 Å². The van der Waals surface area contributed by atoms with Gasteiger partial charge in [0.2, 0.25) is 5.91 Å². The van der Waals surface area contributed by atoms with E-state index in [9.17, 15) is 14.4 Å². The van der Waals surface area contributed by atoms with Crippen LogP contribution in [0.2, 0.25) is 0 Å². The second-order valence-electron chi connectivity index (χ2n) is 8.08. The van der Waals surface area contributed by atoms with Crippen molar-refractivity contribution >= 4 is 29.2 Å². The van der Waals surface area contributed by atoms with Crippen LogP contribution in [-0.2, 0) is 21.5 Å². The lowest BCUT2D eigenvalue weighted by Gasteiger charge is -2.35. The predicted molar refractivity (Wildman–Crippen MR) is 98.7 cm³/mol. The Morgan fingerprint density at radius 1 is 1.31 bits per heavy atom. The van der Waals surface area contributed by atoms with Crippen LogP contribution in [0.4, 0.5) is 4.79 Å². The minimum atomic E-state index is -0.965. The van der Waals surface area contributed by atoms with Crippen LogP contribution < -0.4 is 5.32 Å². The van der Waals surface area contributed by atoms with Crippen molar-refractivity contribution in [1.82, 2.24) is 15.1 Å². The third kappa shape index (κ3) is 2.73. The van der Waals surface area contributed by atoms with E-state index in [1.54, 1.807) is 16.2 Å². The number of rotatable bonds is 2. The zero-order valence-corrected chi connectivity index (χ0v) is 16.1. The standard InChI is InChI=1S/C19H25N3O3S/c1-12-8-13(2)10-21(9-12)16(23)11-22-17(24)19(20-18(22)25)6-3-4-15-14(19)5-7-26-15/h5,7,12-13H,3-4,6,8-11H2,1-2H3,(H,20,25). The fourth-order valence-electron chi connectivity index (χ4n) is 4.79. The summed E-state index contributed by atoms with van der Waals surface area (Å²) in [5, 5.41) is 4.88. The molecule has 0 aromatic carbocycles. The van der Waals surface area contributed by atoms with E-state index in [4.69, 9.17) is 0 Å². The first-order valence-corrected chi connectivity index (χ1v) is 10.3. The number of likely N-dealkylation sites (tertiary alicyclic amines) is 1. The van der Waals surface area contributed by atoms with E-state index in [0.717, 1.165) is 34.6 Å². The van der Waals surface area contributed by atoms with Crippen molar-refractivity contribution in [3.63, 3.8) is 0 Å². The average molecular weight is 375 g/mol. The summed E-state index contributed by atoms with van der Waals surface area (Å²) in [7, 11) is 0. The van der Waals surface area contributed by atoms with Gasteiger partial charge < -0.3 is 10.2 Å². The molecular weight excluding hydrogens is 350 g/mol. The molecule has 26 heavy (non-hydrogen) atoms. The summed E-state index contributed by atoms with van der Waals surface area (Å²) in [6.07, 6.45) is 3.52. The quantitative estimate of drug-likeness (QED) is 0.807. The Kier molecular flexibility index (Phi) is 4.29. The summed E-state index contributed by atoms with van der Waals surface area (Å²) in [5.41, 5.74) is -0.0461. The summed E-state index contributed by atoms with van der Waals surface area (Å²) < 4.78 is 0. The number of urea groups is 1. The van der Waals surface area contributed by atoms with E-state index in [2.05, 4.69) is 19.2 Å². The van der Waals surface area contributed by atoms with Gasteiger partial charge in [-0.15, -0.1) is 11.3 Å². The molecule has 3 heterocycles. The minimum absolute atomic E-state index is 0.134. The number of thiophene rings is 1. The molecule has 3 unspecified atom stereocenters. The lowest BCUT2D eigenvalue weighted by atomic mass is 9.80. The summed E-state index contributed by atoms with van der Waals surface area (Å²) in [5.74, 6) is 0.492. The highest BCUT2D eigenvalue weighted by Gasteiger charge is 2.54. The molecule has 140 valence electrons. The number of nitrogens with one attached hydrogen (secondary N) is 1. The van der Waals surface area contributed by atoms with Crippen molar-refractivity contribution in [2.45, 2.75) is 45.1 Å². The van der Waals surface area contributed by atoms with Gasteiger partial charge in [0.1, 0.15) is 12.1 Å². The van der Waals surface area contributed by atoms with Gasteiger partial charge in [0.15, 0.2) is 0 Å². The van der Waals surface area contributed by atoms with Gasteiger partial charge in [-0.2, -0.15) is 0 Å². The molecule has 1 spiro atoms. The second-order valence-corrected chi connectivity index (χ2v) is 9.08. The number of carbonyl (C=O) groups is 3. The zero-order valence-electron chi connectivity index (χ0n) is 15.3. The van der Waals surface area contributed by atoms with E-state index in [0.29, 0.717) is 31.3 Å². The van der Waals surface area contributed by atoms with Gasteiger partial charge in [0, 0.05) is 23.5 Å². The van der Waals surface area contributed by atoms with Crippen LogP contribution in [-0.4, -0.2) is 47.3 Å².